The summed E-state index contributed by atoms with van der Waals surface area (Å²) in [5.74, 6) is -0.814. The van der Waals surface area contributed by atoms with E-state index in [-0.39, 0.29) is 30.2 Å². The molecule has 11 heteroatoms. The molecular weight excluding hydrogens is 532 g/mol. The van der Waals surface area contributed by atoms with Crippen LogP contribution < -0.4 is 30.0 Å². The van der Waals surface area contributed by atoms with Crippen molar-refractivity contribution in [1.29, 1.82) is 0 Å². The summed E-state index contributed by atoms with van der Waals surface area (Å²) in [5, 5.41) is 11.7. The molecule has 220 valence electrons. The Morgan fingerprint density at radius 2 is 1.37 bits per heavy atom. The summed E-state index contributed by atoms with van der Waals surface area (Å²) in [6.07, 6.45) is 6.94. The molecule has 1 atom stereocenters. The van der Waals surface area contributed by atoms with Gasteiger partial charge in [-0.2, -0.15) is 0 Å². The zero-order valence-corrected chi connectivity index (χ0v) is 23.4. The molecule has 0 spiro atoms. The molecule has 0 saturated heterocycles. The zero-order valence-electron chi connectivity index (χ0n) is 23.4. The summed E-state index contributed by atoms with van der Waals surface area (Å²) < 4.78 is 21.3. The van der Waals surface area contributed by atoms with E-state index in [4.69, 9.17) is 24.7 Å². The number of allylic oxidation sites excluding steroid dienone is 2. The largest absolute Gasteiger partial charge is 0.493 e. The Kier molecular flexibility index (Phi) is 13.6. The van der Waals surface area contributed by atoms with Crippen molar-refractivity contribution in [1.82, 2.24) is 5.32 Å². The number of ether oxygens (including phenoxy) is 4. The van der Waals surface area contributed by atoms with Gasteiger partial charge in [0.15, 0.2) is 41.2 Å². The van der Waals surface area contributed by atoms with Crippen LogP contribution in [-0.4, -0.2) is 69.1 Å². The van der Waals surface area contributed by atoms with Crippen molar-refractivity contribution in [2.24, 2.45) is 5.73 Å². The number of rotatable bonds is 18. The fraction of sp³-hybridized carbons (Fsp3) is 0.333. The van der Waals surface area contributed by atoms with Crippen LogP contribution in [0.2, 0.25) is 0 Å². The number of carboxylic acid groups (broad SMARTS) is 1. The Balaban J connectivity index is 1.92. The van der Waals surface area contributed by atoms with Crippen LogP contribution in [0.5, 0.6) is 23.0 Å². The molecule has 11 nitrogen and oxygen atoms in total. The number of benzene rings is 2. The third-order valence-electron chi connectivity index (χ3n) is 5.81. The van der Waals surface area contributed by atoms with Crippen LogP contribution in [0.25, 0.3) is 12.2 Å². The fourth-order valence-corrected chi connectivity index (χ4v) is 3.66. The molecule has 0 unspecified atom stereocenters. The molecule has 2 aromatic carbocycles. The minimum Gasteiger partial charge on any atom is -0.493 e. The molecule has 0 radical (unpaired) electrons. The number of unbranched alkanes of at least 4 members (excludes halogenated alkanes) is 1. The third-order valence-corrected chi connectivity index (χ3v) is 5.81. The van der Waals surface area contributed by atoms with Gasteiger partial charge in [0.2, 0.25) is 0 Å². The number of hydrogen-bond acceptors (Lipinski definition) is 9. The van der Waals surface area contributed by atoms with Gasteiger partial charge in [-0.15, -0.1) is 0 Å². The zero-order chi connectivity index (χ0) is 30.2. The topological polar surface area (TPSA) is 163 Å². The average molecular weight is 569 g/mol. The molecule has 2 aromatic rings. The van der Waals surface area contributed by atoms with Gasteiger partial charge in [0, 0.05) is 0 Å². The lowest BCUT2D eigenvalue weighted by Gasteiger charge is -2.15. The highest BCUT2D eigenvalue weighted by Crippen LogP contribution is 2.29. The smallest absolute Gasteiger partial charge is 0.326 e. The van der Waals surface area contributed by atoms with Gasteiger partial charge >= 0.3 is 5.97 Å². The fourth-order valence-electron chi connectivity index (χ4n) is 3.66. The maximum absolute atomic E-state index is 12.3. The first-order chi connectivity index (χ1) is 19.7. The molecule has 0 aliphatic carbocycles. The van der Waals surface area contributed by atoms with Gasteiger partial charge in [0.1, 0.15) is 6.04 Å². The van der Waals surface area contributed by atoms with Gasteiger partial charge in [-0.05, 0) is 73.4 Å². The highest BCUT2D eigenvalue weighted by molar-refractivity contribution is 6.10. The molecule has 0 aliphatic heterocycles. The first-order valence-corrected chi connectivity index (χ1v) is 12.9. The second-order valence-electron chi connectivity index (χ2n) is 8.83. The number of methoxy groups -OCH3 is 3. The van der Waals surface area contributed by atoms with Crippen molar-refractivity contribution >= 4 is 35.6 Å². The number of amides is 1. The van der Waals surface area contributed by atoms with Gasteiger partial charge in [-0.25, -0.2) is 4.79 Å². The maximum Gasteiger partial charge on any atom is 0.326 e. The van der Waals surface area contributed by atoms with E-state index in [2.05, 4.69) is 5.32 Å². The van der Waals surface area contributed by atoms with E-state index >= 15 is 0 Å². The van der Waals surface area contributed by atoms with Crippen molar-refractivity contribution < 1.29 is 43.2 Å². The number of carbonyl (C=O) groups excluding carboxylic acids is 3. The standard InChI is InChI=1S/C30H36N2O9/c1-38-25-13-9-20(16-27(25)39-2)7-11-22(33)18-23(34)12-8-21-10-14-26(28(17-21)40-3)41-19-29(35)32-24(30(36)37)6-4-5-15-31/h7-14,16-17,24H,4-6,15,18-19,31H2,1-3H3,(H,32,35)(H,36,37)/b11-7+,12-8+/t24-/m0/s1. The lowest BCUT2D eigenvalue weighted by molar-refractivity contribution is -0.142. The Morgan fingerprint density at radius 1 is 0.829 bits per heavy atom. The van der Waals surface area contributed by atoms with E-state index < -0.39 is 24.5 Å². The second-order valence-corrected chi connectivity index (χ2v) is 8.83. The highest BCUT2D eigenvalue weighted by Gasteiger charge is 2.20. The Hall–Kier alpha value is -4.64. The average Bonchev–Trinajstić information content (AvgIpc) is 2.97. The Morgan fingerprint density at radius 3 is 1.88 bits per heavy atom. The second kappa shape index (κ2) is 17.1. The maximum atomic E-state index is 12.3. The monoisotopic (exact) mass is 568 g/mol. The molecule has 2 rings (SSSR count). The van der Waals surface area contributed by atoms with Gasteiger partial charge in [0.05, 0.1) is 27.8 Å². The predicted octanol–water partition coefficient (Wildman–Crippen LogP) is 3.04. The lowest BCUT2D eigenvalue weighted by Crippen LogP contribution is -2.43. The summed E-state index contributed by atoms with van der Waals surface area (Å²) in [7, 11) is 4.47. The number of carbonyl (C=O) groups is 4. The summed E-state index contributed by atoms with van der Waals surface area (Å²) in [6.45, 7) is 0.0311. The van der Waals surface area contributed by atoms with Crippen molar-refractivity contribution in [3.8, 4) is 23.0 Å². The van der Waals surface area contributed by atoms with Crippen LogP contribution in [0.4, 0.5) is 0 Å². The molecule has 0 saturated carbocycles. The minimum absolute atomic E-state index is 0.261. The molecule has 0 aromatic heterocycles. The van der Waals surface area contributed by atoms with Crippen molar-refractivity contribution in [2.45, 2.75) is 31.7 Å². The molecule has 0 bridgehead atoms. The van der Waals surface area contributed by atoms with Crippen LogP contribution in [0.15, 0.2) is 48.6 Å². The number of nitrogens with two attached hydrogens (primary N) is 1. The van der Waals surface area contributed by atoms with Crippen molar-refractivity contribution in [3.63, 3.8) is 0 Å². The quantitative estimate of drug-likeness (QED) is 0.138. The van der Waals surface area contributed by atoms with E-state index in [1.54, 1.807) is 42.5 Å². The summed E-state index contributed by atoms with van der Waals surface area (Å²) in [4.78, 5) is 48.2. The number of aliphatic carboxylic acids is 1. The van der Waals surface area contributed by atoms with Gasteiger partial charge in [-0.1, -0.05) is 24.3 Å². The van der Waals surface area contributed by atoms with Crippen molar-refractivity contribution in [2.75, 3.05) is 34.5 Å². The SMILES string of the molecule is COc1ccc(/C=C/C(=O)CC(=O)/C=C/c2ccc(OCC(=O)N[C@@H](CCCCN)C(=O)O)c(OC)c2)cc1OC. The first-order valence-electron chi connectivity index (χ1n) is 12.9. The van der Waals surface area contributed by atoms with Crippen LogP contribution >= 0.6 is 0 Å². The highest BCUT2D eigenvalue weighted by atomic mass is 16.5. The van der Waals surface area contributed by atoms with Crippen LogP contribution in [0, 0.1) is 0 Å². The predicted molar refractivity (Wildman–Crippen MR) is 153 cm³/mol. The number of hydrogen-bond donors (Lipinski definition) is 3. The third kappa shape index (κ3) is 11.2. The van der Waals surface area contributed by atoms with E-state index in [9.17, 15) is 24.3 Å². The van der Waals surface area contributed by atoms with Crippen LogP contribution in [-0.2, 0) is 19.2 Å². The molecule has 41 heavy (non-hydrogen) atoms. The van der Waals surface area contributed by atoms with Crippen molar-refractivity contribution in [3.05, 3.63) is 59.7 Å². The molecule has 0 heterocycles. The minimum atomic E-state index is -1.13. The molecular formula is C30H36N2O9. The van der Waals surface area contributed by atoms with Gasteiger partial charge in [-0.3, -0.25) is 14.4 Å². The first kappa shape index (κ1) is 32.6. The molecule has 0 fully saturated rings. The Bertz CT molecular complexity index is 1270. The number of ketones is 2. The molecule has 4 N–H and O–H groups in total. The summed E-state index contributed by atoms with van der Waals surface area (Å²) >= 11 is 0. The van der Waals surface area contributed by atoms with E-state index in [0.717, 1.165) is 5.56 Å². The molecule has 1 amide bonds. The van der Waals surface area contributed by atoms with E-state index in [1.165, 1.54) is 39.6 Å². The number of carboxylic acids is 1. The number of nitrogens with one attached hydrogen (secondary N) is 1. The summed E-state index contributed by atoms with van der Waals surface area (Å²) in [5.41, 5.74) is 6.75. The van der Waals surface area contributed by atoms with E-state index in [0.29, 0.717) is 42.2 Å². The van der Waals surface area contributed by atoms with E-state index in [1.807, 2.05) is 0 Å². The summed E-state index contributed by atoms with van der Waals surface area (Å²) in [6, 6.07) is 8.97. The normalized spacial score (nSPS) is 11.7. The van der Waals surface area contributed by atoms with Gasteiger partial charge < -0.3 is 35.1 Å². The lowest BCUT2D eigenvalue weighted by atomic mass is 10.1. The Labute approximate surface area is 238 Å². The molecule has 0 aliphatic rings. The van der Waals surface area contributed by atoms with Gasteiger partial charge in [0.25, 0.3) is 5.91 Å². The van der Waals surface area contributed by atoms with Crippen LogP contribution in [0.1, 0.15) is 36.8 Å². The van der Waals surface area contributed by atoms with Crippen LogP contribution in [0.3, 0.4) is 0 Å².